The summed E-state index contributed by atoms with van der Waals surface area (Å²) in [6.07, 6.45) is 5.31. The summed E-state index contributed by atoms with van der Waals surface area (Å²) < 4.78 is 5.18. The summed E-state index contributed by atoms with van der Waals surface area (Å²) >= 11 is 0. The summed E-state index contributed by atoms with van der Waals surface area (Å²) in [6.45, 7) is 3.40. The number of nitrogens with one attached hydrogen (secondary N) is 1. The van der Waals surface area contributed by atoms with Gasteiger partial charge in [0.25, 0.3) is 0 Å². The van der Waals surface area contributed by atoms with E-state index < -0.39 is 0 Å². The van der Waals surface area contributed by atoms with Crippen molar-refractivity contribution >= 4 is 0 Å². The minimum Gasteiger partial charge on any atom is -0.497 e. The highest BCUT2D eigenvalue weighted by Gasteiger charge is 2.13. The molecule has 0 bridgehead atoms. The van der Waals surface area contributed by atoms with E-state index in [1.165, 1.54) is 44.3 Å². The maximum Gasteiger partial charge on any atom is 0.118 e. The highest BCUT2D eigenvalue weighted by atomic mass is 16.5. The van der Waals surface area contributed by atoms with Gasteiger partial charge in [0.15, 0.2) is 0 Å². The topological polar surface area (TPSA) is 24.5 Å². The molecule has 1 heterocycles. The molecule has 1 aromatic carbocycles. The van der Waals surface area contributed by atoms with Crippen molar-refractivity contribution in [2.45, 2.75) is 38.3 Å². The first-order chi connectivity index (χ1) is 9.28. The molecule has 0 aliphatic carbocycles. The average Bonchev–Trinajstić information content (AvgIpc) is 2.93. The van der Waals surface area contributed by atoms with E-state index in [2.05, 4.69) is 29.4 Å². The monoisotopic (exact) mass is 262 g/mol. The minimum atomic E-state index is 0.773. The van der Waals surface area contributed by atoms with Gasteiger partial charge in [-0.2, -0.15) is 0 Å². The van der Waals surface area contributed by atoms with Gasteiger partial charge in [-0.25, -0.2) is 0 Å². The Balaban J connectivity index is 1.66. The van der Waals surface area contributed by atoms with E-state index >= 15 is 0 Å². The maximum absolute atomic E-state index is 5.18. The first kappa shape index (κ1) is 14.4. The summed E-state index contributed by atoms with van der Waals surface area (Å²) in [5.74, 6) is 0.929. The molecule has 0 aromatic heterocycles. The molecule has 19 heavy (non-hydrogen) atoms. The van der Waals surface area contributed by atoms with E-state index in [-0.39, 0.29) is 0 Å². The zero-order valence-corrected chi connectivity index (χ0v) is 12.2. The molecule has 1 unspecified atom stereocenters. The van der Waals surface area contributed by atoms with Crippen LogP contribution in [0.15, 0.2) is 24.3 Å². The molecule has 1 fully saturated rings. The number of hydrogen-bond donors (Lipinski definition) is 1. The van der Waals surface area contributed by atoms with E-state index in [4.69, 9.17) is 4.74 Å². The summed E-state index contributed by atoms with van der Waals surface area (Å²) in [4.78, 5) is 2.40. The third-order valence-electron chi connectivity index (χ3n) is 3.87. The van der Waals surface area contributed by atoms with Gasteiger partial charge in [-0.05, 0) is 63.5 Å². The number of methoxy groups -OCH3 is 1. The fourth-order valence-corrected chi connectivity index (χ4v) is 2.73. The molecule has 106 valence electrons. The summed E-state index contributed by atoms with van der Waals surface area (Å²) in [6, 6.07) is 9.13. The van der Waals surface area contributed by atoms with Crippen LogP contribution < -0.4 is 10.1 Å². The largest absolute Gasteiger partial charge is 0.497 e. The molecule has 1 N–H and O–H groups in total. The first-order valence-corrected chi connectivity index (χ1v) is 7.33. The Kier molecular flexibility index (Phi) is 5.67. The van der Waals surface area contributed by atoms with Crippen LogP contribution in [0.1, 0.15) is 31.2 Å². The Labute approximate surface area is 116 Å². The second-order valence-electron chi connectivity index (χ2n) is 5.52. The molecule has 3 nitrogen and oxygen atoms in total. The smallest absolute Gasteiger partial charge is 0.118 e. The van der Waals surface area contributed by atoms with Crippen LogP contribution in [0, 0.1) is 0 Å². The van der Waals surface area contributed by atoms with Crippen molar-refractivity contribution in [3.05, 3.63) is 29.8 Å². The molecule has 3 heteroatoms. The van der Waals surface area contributed by atoms with Crippen LogP contribution >= 0.6 is 0 Å². The van der Waals surface area contributed by atoms with Crippen LogP contribution in [0.5, 0.6) is 5.75 Å². The van der Waals surface area contributed by atoms with Crippen LogP contribution in [0.4, 0.5) is 0 Å². The molecular weight excluding hydrogens is 236 g/mol. The predicted octanol–water partition coefficient (Wildman–Crippen LogP) is 2.66. The quantitative estimate of drug-likeness (QED) is 0.817. The molecule has 2 rings (SSSR count). The summed E-state index contributed by atoms with van der Waals surface area (Å²) in [7, 11) is 3.91. The fourth-order valence-electron chi connectivity index (χ4n) is 2.73. The minimum absolute atomic E-state index is 0.773. The van der Waals surface area contributed by atoms with Gasteiger partial charge in [-0.1, -0.05) is 12.1 Å². The van der Waals surface area contributed by atoms with Gasteiger partial charge in [0.2, 0.25) is 0 Å². The lowest BCUT2D eigenvalue weighted by Gasteiger charge is -2.18. The van der Waals surface area contributed by atoms with Crippen molar-refractivity contribution in [1.82, 2.24) is 10.2 Å². The number of nitrogens with zero attached hydrogens (tertiary/aromatic N) is 1. The van der Waals surface area contributed by atoms with E-state index in [0.717, 1.165) is 18.3 Å². The zero-order chi connectivity index (χ0) is 13.5. The van der Waals surface area contributed by atoms with E-state index in [1.54, 1.807) is 7.11 Å². The third kappa shape index (κ3) is 4.84. The molecule has 1 saturated heterocycles. The van der Waals surface area contributed by atoms with E-state index in [1.807, 2.05) is 12.1 Å². The average molecular weight is 262 g/mol. The normalized spacial score (nSPS) is 19.0. The molecule has 0 spiro atoms. The standard InChI is InChI=1S/C16H26N2O/c1-18(12-4-6-15-5-3-11-17-15)13-14-7-9-16(19-2)10-8-14/h7-10,15,17H,3-6,11-13H2,1-2H3. The SMILES string of the molecule is COc1ccc(CN(C)CCCC2CCCN2)cc1. The second kappa shape index (κ2) is 7.51. The number of rotatable bonds is 7. The van der Waals surface area contributed by atoms with Gasteiger partial charge in [0.1, 0.15) is 5.75 Å². The van der Waals surface area contributed by atoms with Crippen LogP contribution in [-0.2, 0) is 6.54 Å². The van der Waals surface area contributed by atoms with Crippen molar-refractivity contribution in [3.8, 4) is 5.75 Å². The molecule has 0 amide bonds. The maximum atomic E-state index is 5.18. The Hall–Kier alpha value is -1.06. The van der Waals surface area contributed by atoms with Crippen molar-refractivity contribution in [3.63, 3.8) is 0 Å². The lowest BCUT2D eigenvalue weighted by Crippen LogP contribution is -2.24. The van der Waals surface area contributed by atoms with E-state index in [0.29, 0.717) is 0 Å². The van der Waals surface area contributed by atoms with Gasteiger partial charge in [-0.3, -0.25) is 0 Å². The Morgan fingerprint density at radius 2 is 2.11 bits per heavy atom. The molecule has 1 atom stereocenters. The van der Waals surface area contributed by atoms with Crippen molar-refractivity contribution in [2.24, 2.45) is 0 Å². The molecule has 1 aromatic rings. The highest BCUT2D eigenvalue weighted by Crippen LogP contribution is 2.14. The van der Waals surface area contributed by atoms with Crippen molar-refractivity contribution in [2.75, 3.05) is 27.2 Å². The molecule has 0 radical (unpaired) electrons. The van der Waals surface area contributed by atoms with Gasteiger partial charge in [-0.15, -0.1) is 0 Å². The Bertz CT molecular complexity index is 358. The predicted molar refractivity (Wildman–Crippen MR) is 79.6 cm³/mol. The van der Waals surface area contributed by atoms with Gasteiger partial charge < -0.3 is 15.0 Å². The van der Waals surface area contributed by atoms with Crippen LogP contribution in [-0.4, -0.2) is 38.2 Å². The third-order valence-corrected chi connectivity index (χ3v) is 3.87. The van der Waals surface area contributed by atoms with Crippen molar-refractivity contribution in [1.29, 1.82) is 0 Å². The number of ether oxygens (including phenoxy) is 1. The zero-order valence-electron chi connectivity index (χ0n) is 12.2. The summed E-state index contributed by atoms with van der Waals surface area (Å²) in [5, 5.41) is 3.56. The molecule has 1 aliphatic heterocycles. The molecule has 0 saturated carbocycles. The highest BCUT2D eigenvalue weighted by molar-refractivity contribution is 5.26. The fraction of sp³-hybridized carbons (Fsp3) is 0.625. The second-order valence-corrected chi connectivity index (χ2v) is 5.52. The number of hydrogen-bond acceptors (Lipinski definition) is 3. The Morgan fingerprint density at radius 3 is 2.74 bits per heavy atom. The van der Waals surface area contributed by atoms with Crippen LogP contribution in [0.2, 0.25) is 0 Å². The van der Waals surface area contributed by atoms with E-state index in [9.17, 15) is 0 Å². The lowest BCUT2D eigenvalue weighted by molar-refractivity contribution is 0.311. The summed E-state index contributed by atoms with van der Waals surface area (Å²) in [5.41, 5.74) is 1.35. The first-order valence-electron chi connectivity index (χ1n) is 7.33. The van der Waals surface area contributed by atoms with Crippen molar-refractivity contribution < 1.29 is 4.74 Å². The van der Waals surface area contributed by atoms with Gasteiger partial charge >= 0.3 is 0 Å². The molecule has 1 aliphatic rings. The van der Waals surface area contributed by atoms with Gasteiger partial charge in [0.05, 0.1) is 7.11 Å². The Morgan fingerprint density at radius 1 is 1.32 bits per heavy atom. The van der Waals surface area contributed by atoms with Crippen LogP contribution in [0.3, 0.4) is 0 Å². The molecular formula is C16H26N2O. The number of benzene rings is 1. The van der Waals surface area contributed by atoms with Crippen LogP contribution in [0.25, 0.3) is 0 Å². The van der Waals surface area contributed by atoms with Gasteiger partial charge in [0, 0.05) is 12.6 Å². The lowest BCUT2D eigenvalue weighted by atomic mass is 10.1.